The number of benzene rings is 3. The molecule has 3 aromatic carbocycles. The molecule has 32 heavy (non-hydrogen) atoms. The highest BCUT2D eigenvalue weighted by Gasteiger charge is 2.42. The van der Waals surface area contributed by atoms with E-state index in [1.807, 2.05) is 66.0 Å². The van der Waals surface area contributed by atoms with Gasteiger partial charge in [0.2, 0.25) is 11.8 Å². The van der Waals surface area contributed by atoms with Gasteiger partial charge in [-0.1, -0.05) is 41.9 Å². The Morgan fingerprint density at radius 3 is 2.53 bits per heavy atom. The van der Waals surface area contributed by atoms with Gasteiger partial charge in [0.05, 0.1) is 18.7 Å². The largest absolute Gasteiger partial charge is 0.436 e. The molecule has 1 aliphatic rings. The van der Waals surface area contributed by atoms with E-state index in [0.29, 0.717) is 23.7 Å². The third-order valence-electron chi connectivity index (χ3n) is 5.67. The van der Waals surface area contributed by atoms with Crippen LogP contribution in [-0.2, 0) is 16.0 Å². The van der Waals surface area contributed by atoms with Gasteiger partial charge in [-0.3, -0.25) is 9.59 Å². The van der Waals surface area contributed by atoms with Crippen molar-refractivity contribution in [1.29, 1.82) is 0 Å². The van der Waals surface area contributed by atoms with Crippen LogP contribution in [0.5, 0.6) is 0 Å². The minimum Gasteiger partial charge on any atom is -0.436 e. The van der Waals surface area contributed by atoms with Crippen LogP contribution in [0.15, 0.2) is 77.2 Å². The third kappa shape index (κ3) is 3.90. The number of fused-ring (bicyclic) bond motifs is 1. The molecule has 0 bridgehead atoms. The van der Waals surface area contributed by atoms with Gasteiger partial charge in [-0.2, -0.15) is 0 Å². The fraction of sp³-hybridized carbons (Fsp3) is 0.160. The summed E-state index contributed by atoms with van der Waals surface area (Å²) in [7, 11) is 0. The molecule has 2 heterocycles. The molecule has 1 fully saturated rings. The molecule has 0 saturated carbocycles. The van der Waals surface area contributed by atoms with E-state index in [1.54, 1.807) is 12.1 Å². The summed E-state index contributed by atoms with van der Waals surface area (Å²) < 4.78 is 5.79. The zero-order chi connectivity index (χ0) is 22.1. The molecule has 1 atom stereocenters. The zero-order valence-corrected chi connectivity index (χ0v) is 18.0. The second kappa shape index (κ2) is 8.57. The molecule has 2 amide bonds. The molecule has 6 nitrogen and oxygen atoms in total. The molecule has 2 N–H and O–H groups in total. The maximum absolute atomic E-state index is 12.9. The summed E-state index contributed by atoms with van der Waals surface area (Å²) in [6, 6.07) is 21.9. The number of anilines is 1. The molecule has 1 unspecified atom stereocenters. The van der Waals surface area contributed by atoms with E-state index in [0.717, 1.165) is 28.1 Å². The summed E-state index contributed by atoms with van der Waals surface area (Å²) in [4.78, 5) is 31.3. The number of rotatable bonds is 6. The predicted octanol–water partition coefficient (Wildman–Crippen LogP) is 3.59. The quantitative estimate of drug-likeness (QED) is 0.459. The van der Waals surface area contributed by atoms with Crippen molar-refractivity contribution < 1.29 is 19.3 Å². The van der Waals surface area contributed by atoms with Crippen molar-refractivity contribution in [2.24, 2.45) is 0 Å². The van der Waals surface area contributed by atoms with Crippen molar-refractivity contribution in [3.05, 3.63) is 83.4 Å². The smallest absolute Gasteiger partial charge is 0.292 e. The highest BCUT2D eigenvalue weighted by Crippen LogP contribution is 2.28. The summed E-state index contributed by atoms with van der Waals surface area (Å²) in [5, 5.41) is 2.64. The number of carbonyl (C=O) groups is 2. The van der Waals surface area contributed by atoms with Crippen LogP contribution < -0.4 is 10.2 Å². The van der Waals surface area contributed by atoms with Gasteiger partial charge in [-0.25, -0.2) is 9.88 Å². The van der Waals surface area contributed by atoms with Gasteiger partial charge in [0.25, 0.3) is 5.91 Å². The van der Waals surface area contributed by atoms with Crippen molar-refractivity contribution in [3.63, 3.8) is 0 Å². The topological polar surface area (TPSA) is 80.0 Å². The first-order valence-electron chi connectivity index (χ1n) is 10.5. The van der Waals surface area contributed by atoms with Gasteiger partial charge in [-0.05, 0) is 48.0 Å². The van der Waals surface area contributed by atoms with Crippen molar-refractivity contribution in [3.8, 4) is 11.5 Å². The molecule has 5 rings (SSSR count). The number of quaternary nitrogens is 1. The lowest BCUT2D eigenvalue weighted by Gasteiger charge is -2.14. The Hall–Kier alpha value is -3.48. The van der Waals surface area contributed by atoms with Gasteiger partial charge >= 0.3 is 0 Å². The van der Waals surface area contributed by atoms with Crippen molar-refractivity contribution in [2.45, 2.75) is 18.9 Å². The highest BCUT2D eigenvalue weighted by molar-refractivity contribution is 6.31. The summed E-state index contributed by atoms with van der Waals surface area (Å²) in [6.07, 6.45) is 0.922. The van der Waals surface area contributed by atoms with Gasteiger partial charge in [-0.15, -0.1) is 0 Å². The van der Waals surface area contributed by atoms with Crippen LogP contribution in [0.1, 0.15) is 12.0 Å². The number of imide groups is 1. The number of aromatic nitrogens is 1. The minimum absolute atomic E-state index is 0.189. The van der Waals surface area contributed by atoms with Crippen LogP contribution in [0.2, 0.25) is 5.02 Å². The summed E-state index contributed by atoms with van der Waals surface area (Å²) in [5.74, 6) is 0.120. The molecular formula is C25H21ClN3O3+. The van der Waals surface area contributed by atoms with E-state index < -0.39 is 6.04 Å². The summed E-state index contributed by atoms with van der Waals surface area (Å²) in [5.41, 5.74) is 3.88. The molecule has 1 saturated heterocycles. The lowest BCUT2D eigenvalue weighted by Crippen LogP contribution is -2.92. The molecule has 1 aromatic heterocycles. The monoisotopic (exact) mass is 446 g/mol. The van der Waals surface area contributed by atoms with Crippen LogP contribution in [0, 0.1) is 0 Å². The lowest BCUT2D eigenvalue weighted by atomic mass is 10.1. The molecule has 0 spiro atoms. The molecule has 4 aromatic rings. The van der Waals surface area contributed by atoms with Crippen molar-refractivity contribution in [2.75, 3.05) is 11.4 Å². The zero-order valence-electron chi connectivity index (χ0n) is 17.2. The Kier molecular flexibility index (Phi) is 5.47. The maximum atomic E-state index is 12.9. The van der Waals surface area contributed by atoms with E-state index in [1.165, 1.54) is 4.90 Å². The van der Waals surface area contributed by atoms with E-state index >= 15 is 0 Å². The van der Waals surface area contributed by atoms with E-state index in [-0.39, 0.29) is 18.2 Å². The SMILES string of the molecule is O=C1CC([NH2+]CCc2ccccc2Cl)C(=O)N1c1ccc(-c2nc3ccccc3o2)cc1. The van der Waals surface area contributed by atoms with Crippen LogP contribution in [0.4, 0.5) is 5.69 Å². The highest BCUT2D eigenvalue weighted by atomic mass is 35.5. The minimum atomic E-state index is -0.415. The first-order chi connectivity index (χ1) is 15.6. The van der Waals surface area contributed by atoms with E-state index in [4.69, 9.17) is 16.0 Å². The van der Waals surface area contributed by atoms with Gasteiger partial charge in [0.1, 0.15) is 5.52 Å². The number of nitrogens with two attached hydrogens (primary N) is 1. The van der Waals surface area contributed by atoms with Gasteiger partial charge < -0.3 is 9.73 Å². The molecule has 0 aliphatic carbocycles. The average molecular weight is 447 g/mol. The lowest BCUT2D eigenvalue weighted by molar-refractivity contribution is -0.674. The molecule has 1 aliphatic heterocycles. The number of para-hydroxylation sites is 2. The molecule has 7 heteroatoms. The fourth-order valence-electron chi connectivity index (χ4n) is 4.00. The first kappa shape index (κ1) is 20.4. The Balaban J connectivity index is 1.26. The first-order valence-corrected chi connectivity index (χ1v) is 10.9. The van der Waals surface area contributed by atoms with E-state index in [2.05, 4.69) is 4.98 Å². The Morgan fingerprint density at radius 2 is 1.75 bits per heavy atom. The summed E-state index contributed by atoms with van der Waals surface area (Å²) >= 11 is 6.20. The normalized spacial score (nSPS) is 16.3. The van der Waals surface area contributed by atoms with Crippen LogP contribution >= 0.6 is 11.6 Å². The molecular weight excluding hydrogens is 426 g/mol. The van der Waals surface area contributed by atoms with Crippen LogP contribution in [0.25, 0.3) is 22.6 Å². The van der Waals surface area contributed by atoms with Crippen molar-refractivity contribution >= 4 is 40.2 Å². The number of halogens is 1. The second-order valence-corrected chi connectivity index (χ2v) is 8.18. The predicted molar refractivity (Wildman–Crippen MR) is 122 cm³/mol. The number of carbonyl (C=O) groups excluding carboxylic acids is 2. The van der Waals surface area contributed by atoms with Gasteiger partial charge in [0.15, 0.2) is 11.6 Å². The fourth-order valence-corrected chi connectivity index (χ4v) is 4.23. The van der Waals surface area contributed by atoms with Crippen LogP contribution in [-0.4, -0.2) is 29.4 Å². The number of hydrogen-bond donors (Lipinski definition) is 1. The molecule has 160 valence electrons. The number of nitrogens with zero attached hydrogens (tertiary/aromatic N) is 2. The van der Waals surface area contributed by atoms with Gasteiger partial charge in [0, 0.05) is 17.0 Å². The van der Waals surface area contributed by atoms with Crippen LogP contribution in [0.3, 0.4) is 0 Å². The third-order valence-corrected chi connectivity index (χ3v) is 6.04. The number of oxazole rings is 1. The number of amides is 2. The maximum Gasteiger partial charge on any atom is 0.292 e. The Labute approximate surface area is 189 Å². The number of hydrogen-bond acceptors (Lipinski definition) is 4. The van der Waals surface area contributed by atoms with E-state index in [9.17, 15) is 9.59 Å². The average Bonchev–Trinajstić information content (AvgIpc) is 3.36. The summed E-state index contributed by atoms with van der Waals surface area (Å²) in [6.45, 7) is 0.678. The Bertz CT molecular complexity index is 1270. The standard InChI is InChI=1S/C25H20ClN3O3/c26-19-6-2-1-5-16(19)13-14-27-21-15-23(30)29(25(21)31)18-11-9-17(10-12-18)24-28-20-7-3-4-8-22(20)32-24/h1-12,21,27H,13-15H2/p+1. The molecule has 0 radical (unpaired) electrons. The Morgan fingerprint density at radius 1 is 1.00 bits per heavy atom. The van der Waals surface area contributed by atoms with Crippen molar-refractivity contribution in [1.82, 2.24) is 4.98 Å². The second-order valence-electron chi connectivity index (χ2n) is 7.78.